The molecular weight excluding hydrogens is 396 g/mol. The average Bonchev–Trinajstić information content (AvgIpc) is 2.96. The number of halogens is 2. The highest BCUT2D eigenvalue weighted by Crippen LogP contribution is 2.21. The van der Waals surface area contributed by atoms with Gasteiger partial charge in [0.25, 0.3) is 0 Å². The van der Waals surface area contributed by atoms with Crippen molar-refractivity contribution in [3.05, 3.63) is 68.9 Å². The van der Waals surface area contributed by atoms with Gasteiger partial charge in [-0.2, -0.15) is 0 Å². The van der Waals surface area contributed by atoms with Crippen molar-refractivity contribution in [3.63, 3.8) is 0 Å². The van der Waals surface area contributed by atoms with E-state index in [-0.39, 0.29) is 0 Å². The Morgan fingerprint density at radius 3 is 2.05 bits per heavy atom. The molecule has 0 N–H and O–H groups in total. The van der Waals surface area contributed by atoms with E-state index in [1.165, 1.54) is 0 Å². The van der Waals surface area contributed by atoms with Gasteiger partial charge < -0.3 is 4.42 Å². The second-order valence-corrected chi connectivity index (χ2v) is 6.17. The van der Waals surface area contributed by atoms with Crippen LogP contribution in [0.15, 0.2) is 61.9 Å². The Bertz CT molecular complexity index is 762. The summed E-state index contributed by atoms with van der Waals surface area (Å²) in [6, 6.07) is 15.7. The average molecular weight is 406 g/mol. The molecular formula is C16H10Br2N2O. The first-order chi connectivity index (χ1) is 10.2. The van der Waals surface area contributed by atoms with Gasteiger partial charge in [0.05, 0.1) is 0 Å². The molecule has 104 valence electrons. The predicted octanol–water partition coefficient (Wildman–Crippen LogP) is 5.43. The molecule has 0 fully saturated rings. The number of rotatable bonds is 3. The van der Waals surface area contributed by atoms with Gasteiger partial charge in [0, 0.05) is 20.6 Å². The summed E-state index contributed by atoms with van der Waals surface area (Å²) in [5.74, 6) is 0.994. The van der Waals surface area contributed by atoms with Gasteiger partial charge in [-0.3, -0.25) is 0 Å². The summed E-state index contributed by atoms with van der Waals surface area (Å²) in [7, 11) is 0. The molecule has 3 aromatic rings. The van der Waals surface area contributed by atoms with Crippen molar-refractivity contribution in [2.75, 3.05) is 0 Å². The lowest BCUT2D eigenvalue weighted by Gasteiger charge is -1.94. The van der Waals surface area contributed by atoms with Gasteiger partial charge in [0.2, 0.25) is 11.8 Å². The second-order valence-electron chi connectivity index (χ2n) is 4.34. The van der Waals surface area contributed by atoms with Crippen LogP contribution in [0.25, 0.3) is 23.6 Å². The molecule has 0 radical (unpaired) electrons. The van der Waals surface area contributed by atoms with Gasteiger partial charge in [-0.15, -0.1) is 10.2 Å². The molecule has 0 amide bonds. The van der Waals surface area contributed by atoms with Crippen LogP contribution in [-0.4, -0.2) is 10.2 Å². The van der Waals surface area contributed by atoms with Gasteiger partial charge in [-0.25, -0.2) is 0 Å². The van der Waals surface area contributed by atoms with E-state index >= 15 is 0 Å². The van der Waals surface area contributed by atoms with E-state index < -0.39 is 0 Å². The first-order valence-electron chi connectivity index (χ1n) is 6.24. The zero-order valence-electron chi connectivity index (χ0n) is 10.8. The Morgan fingerprint density at radius 1 is 0.762 bits per heavy atom. The van der Waals surface area contributed by atoms with Crippen LogP contribution in [0.3, 0.4) is 0 Å². The minimum Gasteiger partial charge on any atom is -0.417 e. The molecule has 21 heavy (non-hydrogen) atoms. The summed E-state index contributed by atoms with van der Waals surface area (Å²) < 4.78 is 7.69. The lowest BCUT2D eigenvalue weighted by atomic mass is 10.2. The zero-order chi connectivity index (χ0) is 14.7. The van der Waals surface area contributed by atoms with E-state index in [0.29, 0.717) is 11.8 Å². The third-order valence-corrected chi connectivity index (χ3v) is 3.88. The van der Waals surface area contributed by atoms with E-state index in [2.05, 4.69) is 42.1 Å². The van der Waals surface area contributed by atoms with Crippen LogP contribution in [0.4, 0.5) is 0 Å². The standard InChI is InChI=1S/C16H10Br2N2O/c17-13-6-1-11(2-7-13)3-10-15-19-20-16(21-15)12-4-8-14(18)9-5-12/h1-10H/b10-3+. The van der Waals surface area contributed by atoms with E-state index in [4.69, 9.17) is 4.42 Å². The minimum atomic E-state index is 0.482. The highest BCUT2D eigenvalue weighted by atomic mass is 79.9. The normalized spacial score (nSPS) is 11.1. The fourth-order valence-corrected chi connectivity index (χ4v) is 2.28. The van der Waals surface area contributed by atoms with Crippen molar-refractivity contribution in [2.45, 2.75) is 0 Å². The Kier molecular flexibility index (Phi) is 4.31. The largest absolute Gasteiger partial charge is 0.417 e. The van der Waals surface area contributed by atoms with Crippen LogP contribution in [-0.2, 0) is 0 Å². The first kappa shape index (κ1) is 14.2. The third-order valence-electron chi connectivity index (χ3n) is 2.82. The number of aromatic nitrogens is 2. The highest BCUT2D eigenvalue weighted by molar-refractivity contribution is 9.10. The molecule has 0 spiro atoms. The number of hydrogen-bond acceptors (Lipinski definition) is 3. The SMILES string of the molecule is Brc1ccc(/C=C/c2nnc(-c3ccc(Br)cc3)o2)cc1. The molecule has 5 heteroatoms. The van der Waals surface area contributed by atoms with Crippen LogP contribution < -0.4 is 0 Å². The molecule has 0 unspecified atom stereocenters. The quantitative estimate of drug-likeness (QED) is 0.582. The fraction of sp³-hybridized carbons (Fsp3) is 0. The third kappa shape index (κ3) is 3.68. The summed E-state index contributed by atoms with van der Waals surface area (Å²) in [5.41, 5.74) is 1.97. The van der Waals surface area contributed by atoms with Crippen molar-refractivity contribution in [3.8, 4) is 11.5 Å². The summed E-state index contributed by atoms with van der Waals surface area (Å²) in [5, 5.41) is 8.07. The monoisotopic (exact) mass is 404 g/mol. The molecule has 1 heterocycles. The van der Waals surface area contributed by atoms with Crippen molar-refractivity contribution in [1.82, 2.24) is 10.2 Å². The number of hydrogen-bond donors (Lipinski definition) is 0. The van der Waals surface area contributed by atoms with Crippen molar-refractivity contribution >= 4 is 44.0 Å². The van der Waals surface area contributed by atoms with Crippen LogP contribution in [0.2, 0.25) is 0 Å². The van der Waals surface area contributed by atoms with Gasteiger partial charge in [0.1, 0.15) is 0 Å². The van der Waals surface area contributed by atoms with E-state index in [0.717, 1.165) is 20.1 Å². The molecule has 3 rings (SSSR count). The number of nitrogens with zero attached hydrogens (tertiary/aromatic N) is 2. The van der Waals surface area contributed by atoms with E-state index in [9.17, 15) is 0 Å². The fourth-order valence-electron chi connectivity index (χ4n) is 1.75. The molecule has 1 aromatic heterocycles. The maximum atomic E-state index is 5.62. The number of benzene rings is 2. The Morgan fingerprint density at radius 2 is 1.38 bits per heavy atom. The lowest BCUT2D eigenvalue weighted by Crippen LogP contribution is -1.76. The maximum absolute atomic E-state index is 5.62. The molecule has 0 atom stereocenters. The molecule has 0 aliphatic carbocycles. The molecule has 0 aliphatic heterocycles. The molecule has 3 nitrogen and oxygen atoms in total. The minimum absolute atomic E-state index is 0.482. The van der Waals surface area contributed by atoms with Crippen LogP contribution in [0, 0.1) is 0 Å². The topological polar surface area (TPSA) is 38.9 Å². The van der Waals surface area contributed by atoms with Crippen molar-refractivity contribution < 1.29 is 4.42 Å². The van der Waals surface area contributed by atoms with Gasteiger partial charge in [-0.1, -0.05) is 44.0 Å². The molecule has 0 saturated carbocycles. The summed E-state index contributed by atoms with van der Waals surface area (Å²) >= 11 is 6.81. The van der Waals surface area contributed by atoms with E-state index in [1.54, 1.807) is 6.08 Å². The van der Waals surface area contributed by atoms with Crippen LogP contribution >= 0.6 is 31.9 Å². The summed E-state index contributed by atoms with van der Waals surface area (Å²) in [6.07, 6.45) is 3.74. The molecule has 0 aliphatic rings. The lowest BCUT2D eigenvalue weighted by molar-refractivity contribution is 0.558. The molecule has 2 aromatic carbocycles. The van der Waals surface area contributed by atoms with Crippen LogP contribution in [0.5, 0.6) is 0 Å². The highest BCUT2D eigenvalue weighted by Gasteiger charge is 2.06. The van der Waals surface area contributed by atoms with Crippen molar-refractivity contribution in [2.24, 2.45) is 0 Å². The van der Waals surface area contributed by atoms with Gasteiger partial charge in [-0.05, 0) is 48.0 Å². The predicted molar refractivity (Wildman–Crippen MR) is 90.5 cm³/mol. The van der Waals surface area contributed by atoms with Crippen molar-refractivity contribution in [1.29, 1.82) is 0 Å². The van der Waals surface area contributed by atoms with Gasteiger partial charge in [0.15, 0.2) is 0 Å². The van der Waals surface area contributed by atoms with Gasteiger partial charge >= 0.3 is 0 Å². The van der Waals surface area contributed by atoms with Crippen LogP contribution in [0.1, 0.15) is 11.5 Å². The summed E-state index contributed by atoms with van der Waals surface area (Å²) in [4.78, 5) is 0. The first-order valence-corrected chi connectivity index (χ1v) is 7.82. The maximum Gasteiger partial charge on any atom is 0.248 e. The Balaban J connectivity index is 1.78. The smallest absolute Gasteiger partial charge is 0.248 e. The van der Waals surface area contributed by atoms with E-state index in [1.807, 2.05) is 54.6 Å². The zero-order valence-corrected chi connectivity index (χ0v) is 14.0. The second kappa shape index (κ2) is 6.37. The molecule has 0 saturated heterocycles. The Labute approximate surface area is 139 Å². The summed E-state index contributed by atoms with van der Waals surface area (Å²) in [6.45, 7) is 0. The Hall–Kier alpha value is -1.72. The molecule has 0 bridgehead atoms.